The Bertz CT molecular complexity index is 3450. The minimum atomic E-state index is 1.16. The van der Waals surface area contributed by atoms with Gasteiger partial charge < -0.3 is 13.7 Å². The zero-order chi connectivity index (χ0) is 34.6. The number of aromatic nitrogens is 3. The zero-order valence-corrected chi connectivity index (χ0v) is 28.7. The number of hydrogen-bond donors (Lipinski definition) is 0. The van der Waals surface area contributed by atoms with Gasteiger partial charge in [0.15, 0.2) is 0 Å². The van der Waals surface area contributed by atoms with Crippen LogP contribution in [0.5, 0.6) is 0 Å². The average molecular weight is 674 g/mol. The van der Waals surface area contributed by atoms with Crippen molar-refractivity contribution in [3.8, 4) is 17.1 Å². The lowest BCUT2D eigenvalue weighted by atomic mass is 10.00. The lowest BCUT2D eigenvalue weighted by Crippen LogP contribution is -1.98. The molecule has 0 bridgehead atoms. The minimum Gasteiger partial charge on any atom is -0.309 e. The van der Waals surface area contributed by atoms with Crippen LogP contribution in [0.1, 0.15) is 0 Å². The van der Waals surface area contributed by atoms with Crippen molar-refractivity contribution in [2.75, 3.05) is 0 Å². The van der Waals surface area contributed by atoms with Gasteiger partial charge in [-0.15, -0.1) is 0 Å². The molecule has 0 saturated heterocycles. The number of hydrogen-bond acceptors (Lipinski definition) is 0. The summed E-state index contributed by atoms with van der Waals surface area (Å²) in [5.74, 6) is 0. The molecule has 53 heavy (non-hydrogen) atoms. The maximum atomic E-state index is 2.51. The number of fused-ring (bicyclic) bond motifs is 12. The topological polar surface area (TPSA) is 14.8 Å². The molecule has 0 saturated carbocycles. The van der Waals surface area contributed by atoms with Crippen molar-refractivity contribution in [1.82, 2.24) is 13.7 Å². The highest BCUT2D eigenvalue weighted by molar-refractivity contribution is 6.22. The van der Waals surface area contributed by atoms with Gasteiger partial charge in [0, 0.05) is 43.4 Å². The van der Waals surface area contributed by atoms with Gasteiger partial charge in [-0.3, -0.25) is 0 Å². The summed E-state index contributed by atoms with van der Waals surface area (Å²) in [6.07, 6.45) is 0. The first-order valence-electron chi connectivity index (χ1n) is 18.3. The lowest BCUT2D eigenvalue weighted by molar-refractivity contribution is 1.17. The molecule has 9 aromatic carbocycles. The van der Waals surface area contributed by atoms with Gasteiger partial charge in [0.1, 0.15) is 0 Å². The molecule has 246 valence electrons. The van der Waals surface area contributed by atoms with Crippen LogP contribution in [0.15, 0.2) is 188 Å². The van der Waals surface area contributed by atoms with Gasteiger partial charge in [0.2, 0.25) is 0 Å². The summed E-state index contributed by atoms with van der Waals surface area (Å²) >= 11 is 0. The lowest BCUT2D eigenvalue weighted by Gasteiger charge is -2.15. The van der Waals surface area contributed by atoms with Crippen molar-refractivity contribution in [2.45, 2.75) is 0 Å². The van der Waals surface area contributed by atoms with Crippen LogP contribution in [0, 0.1) is 0 Å². The fourth-order valence-electron chi connectivity index (χ4n) is 9.21. The average Bonchev–Trinajstić information content (AvgIpc) is 3.85. The van der Waals surface area contributed by atoms with E-state index in [4.69, 9.17) is 0 Å². The maximum absolute atomic E-state index is 2.51. The normalized spacial score (nSPS) is 12.2. The van der Waals surface area contributed by atoms with Crippen molar-refractivity contribution in [3.63, 3.8) is 0 Å². The molecule has 0 unspecified atom stereocenters. The standard InChI is InChI=1S/C50H31N3/c1-2-16-33(17-3-1)51-44-26-13-10-23-39(44)50-45(51)27-14-28-46(50)52-42-24-11-8-21-37(42)40-30-41-38-22-9-12-25-43(38)53(49(41)31-48(40)52)47-29-32-15-4-5-18-34(32)35-19-6-7-20-36(35)47/h1-31H. The first-order valence-corrected chi connectivity index (χ1v) is 18.3. The Hall–Kier alpha value is -7.10. The Morgan fingerprint density at radius 2 is 0.755 bits per heavy atom. The van der Waals surface area contributed by atoms with E-state index in [1.807, 2.05) is 0 Å². The zero-order valence-electron chi connectivity index (χ0n) is 28.7. The third-order valence-corrected chi connectivity index (χ3v) is 11.4. The Morgan fingerprint density at radius 3 is 1.45 bits per heavy atom. The van der Waals surface area contributed by atoms with Gasteiger partial charge in [-0.25, -0.2) is 0 Å². The SMILES string of the molecule is c1ccc(-n2c3ccccc3c3c(-n4c5ccccc5c5cc6c7ccccc7n(-c7cc8ccccc8c8ccccc78)c6cc54)cccc32)cc1. The van der Waals surface area contributed by atoms with E-state index in [1.165, 1.54) is 98.3 Å². The molecule has 0 amide bonds. The van der Waals surface area contributed by atoms with E-state index in [-0.39, 0.29) is 0 Å². The highest BCUT2D eigenvalue weighted by Gasteiger charge is 2.22. The van der Waals surface area contributed by atoms with Crippen molar-refractivity contribution < 1.29 is 0 Å². The van der Waals surface area contributed by atoms with E-state index in [2.05, 4.69) is 202 Å². The Labute approximate surface area is 304 Å². The van der Waals surface area contributed by atoms with E-state index in [9.17, 15) is 0 Å². The molecule has 0 aliphatic heterocycles. The predicted molar refractivity (Wildman–Crippen MR) is 224 cm³/mol. The Kier molecular flexibility index (Phi) is 5.77. The van der Waals surface area contributed by atoms with Crippen molar-refractivity contribution in [3.05, 3.63) is 188 Å². The highest BCUT2D eigenvalue weighted by atomic mass is 15.0. The summed E-state index contributed by atoms with van der Waals surface area (Å²) < 4.78 is 7.42. The molecular formula is C50H31N3. The smallest absolute Gasteiger partial charge is 0.0562 e. The number of rotatable bonds is 3. The molecule has 3 aromatic heterocycles. The van der Waals surface area contributed by atoms with Crippen LogP contribution in [0.2, 0.25) is 0 Å². The number of benzene rings is 9. The predicted octanol–water partition coefficient (Wildman–Crippen LogP) is 13.3. The van der Waals surface area contributed by atoms with Gasteiger partial charge in [0.05, 0.1) is 44.5 Å². The van der Waals surface area contributed by atoms with Crippen LogP contribution in [0.4, 0.5) is 0 Å². The molecule has 0 atom stereocenters. The molecule has 0 radical (unpaired) electrons. The second-order valence-corrected chi connectivity index (χ2v) is 14.1. The second-order valence-electron chi connectivity index (χ2n) is 14.1. The molecule has 12 rings (SSSR count). The van der Waals surface area contributed by atoms with Crippen LogP contribution in [-0.2, 0) is 0 Å². The monoisotopic (exact) mass is 673 g/mol. The maximum Gasteiger partial charge on any atom is 0.0562 e. The molecule has 3 heteroatoms. The van der Waals surface area contributed by atoms with Crippen LogP contribution in [-0.4, -0.2) is 13.7 Å². The number of para-hydroxylation sites is 4. The molecule has 0 fully saturated rings. The molecular weight excluding hydrogens is 643 g/mol. The molecule has 0 N–H and O–H groups in total. The molecule has 0 spiro atoms. The number of nitrogens with zero attached hydrogens (tertiary/aromatic N) is 3. The van der Waals surface area contributed by atoms with Crippen LogP contribution in [0.3, 0.4) is 0 Å². The molecule has 0 aliphatic carbocycles. The molecule has 12 aromatic rings. The van der Waals surface area contributed by atoms with Gasteiger partial charge in [-0.05, 0) is 76.8 Å². The van der Waals surface area contributed by atoms with E-state index >= 15 is 0 Å². The third-order valence-electron chi connectivity index (χ3n) is 11.4. The second kappa shape index (κ2) is 10.7. The fraction of sp³-hybridized carbons (Fsp3) is 0. The van der Waals surface area contributed by atoms with Gasteiger partial charge in [0.25, 0.3) is 0 Å². The summed E-state index contributed by atoms with van der Waals surface area (Å²) in [7, 11) is 0. The quantitative estimate of drug-likeness (QED) is 0.166. The fourth-order valence-corrected chi connectivity index (χ4v) is 9.21. The minimum absolute atomic E-state index is 1.16. The first-order chi connectivity index (χ1) is 26.3. The Morgan fingerprint density at radius 1 is 0.245 bits per heavy atom. The van der Waals surface area contributed by atoms with Gasteiger partial charge >= 0.3 is 0 Å². The molecule has 3 heterocycles. The van der Waals surface area contributed by atoms with Crippen molar-refractivity contribution in [2.24, 2.45) is 0 Å². The van der Waals surface area contributed by atoms with E-state index in [1.54, 1.807) is 0 Å². The van der Waals surface area contributed by atoms with Crippen LogP contribution < -0.4 is 0 Å². The summed E-state index contributed by atoms with van der Waals surface area (Å²) in [5, 5.41) is 12.5. The largest absolute Gasteiger partial charge is 0.309 e. The van der Waals surface area contributed by atoms with Crippen molar-refractivity contribution >= 4 is 87.0 Å². The summed E-state index contributed by atoms with van der Waals surface area (Å²) in [4.78, 5) is 0. The molecule has 3 nitrogen and oxygen atoms in total. The third kappa shape index (κ3) is 3.88. The van der Waals surface area contributed by atoms with Crippen molar-refractivity contribution in [1.29, 1.82) is 0 Å². The Balaban J connectivity index is 1.25. The summed E-state index contributed by atoms with van der Waals surface area (Å²) in [6.45, 7) is 0. The van der Waals surface area contributed by atoms with Crippen LogP contribution in [0.25, 0.3) is 104 Å². The van der Waals surface area contributed by atoms with E-state index in [0.29, 0.717) is 0 Å². The van der Waals surface area contributed by atoms with E-state index in [0.717, 1.165) is 5.69 Å². The van der Waals surface area contributed by atoms with Gasteiger partial charge in [-0.2, -0.15) is 0 Å². The van der Waals surface area contributed by atoms with E-state index < -0.39 is 0 Å². The van der Waals surface area contributed by atoms with Gasteiger partial charge in [-0.1, -0.05) is 127 Å². The first kappa shape index (κ1) is 28.6. The molecule has 0 aliphatic rings. The van der Waals surface area contributed by atoms with Crippen LogP contribution >= 0.6 is 0 Å². The summed E-state index contributed by atoms with van der Waals surface area (Å²) in [6, 6.07) is 69.0. The summed E-state index contributed by atoms with van der Waals surface area (Å²) in [5.41, 5.74) is 10.7. The highest BCUT2D eigenvalue weighted by Crippen LogP contribution is 2.44.